The first-order valence-corrected chi connectivity index (χ1v) is 8.63. The van der Waals surface area contributed by atoms with Gasteiger partial charge in [-0.1, -0.05) is 34.4 Å². The molecule has 1 unspecified atom stereocenters. The molecule has 3 rings (SSSR count). The smallest absolute Gasteiger partial charge is 0.334 e. The van der Waals surface area contributed by atoms with Crippen LogP contribution in [0.1, 0.15) is 23.0 Å². The molecule has 2 atom stereocenters. The number of morpholine rings is 1. The number of carboxylic acids is 1. The number of amides is 1. The van der Waals surface area contributed by atoms with Crippen molar-refractivity contribution in [2.75, 3.05) is 13.1 Å². The Morgan fingerprint density at radius 1 is 1.27 bits per heavy atom. The van der Waals surface area contributed by atoms with Crippen LogP contribution in [0.15, 0.2) is 22.7 Å². The molecule has 1 amide bonds. The summed E-state index contributed by atoms with van der Waals surface area (Å²) in [5, 5.41) is 13.8. The van der Waals surface area contributed by atoms with Gasteiger partial charge in [0.25, 0.3) is 5.91 Å². The van der Waals surface area contributed by atoms with E-state index in [2.05, 4.69) is 5.16 Å². The quantitative estimate of drug-likeness (QED) is 0.852. The van der Waals surface area contributed by atoms with Crippen molar-refractivity contribution in [2.24, 2.45) is 0 Å². The van der Waals surface area contributed by atoms with E-state index < -0.39 is 24.1 Å². The van der Waals surface area contributed by atoms with E-state index in [9.17, 15) is 14.7 Å². The highest BCUT2D eigenvalue weighted by Gasteiger charge is 2.36. The van der Waals surface area contributed by atoms with E-state index in [1.165, 1.54) is 4.90 Å². The number of nitrogens with zero attached hydrogens (tertiary/aromatic N) is 2. The third-order valence-electron chi connectivity index (χ3n) is 4.10. The van der Waals surface area contributed by atoms with Gasteiger partial charge in [0.2, 0.25) is 0 Å². The number of carbonyl (C=O) groups excluding carboxylic acids is 1. The fraction of sp³-hybridized carbons (Fsp3) is 0.353. The van der Waals surface area contributed by atoms with Crippen LogP contribution in [0, 0.1) is 6.92 Å². The number of aliphatic carboxylic acids is 1. The van der Waals surface area contributed by atoms with Crippen LogP contribution in [0.2, 0.25) is 10.0 Å². The normalized spacial score (nSPS) is 20.2. The molecule has 0 spiro atoms. The second-order valence-electron chi connectivity index (χ2n) is 6.04. The van der Waals surface area contributed by atoms with Crippen LogP contribution in [-0.4, -0.2) is 52.3 Å². The van der Waals surface area contributed by atoms with Crippen LogP contribution < -0.4 is 0 Å². The van der Waals surface area contributed by atoms with Crippen molar-refractivity contribution < 1.29 is 24.0 Å². The van der Waals surface area contributed by atoms with Crippen molar-refractivity contribution >= 4 is 35.1 Å². The number of halogens is 2. The topological polar surface area (TPSA) is 92.9 Å². The Hall–Kier alpha value is -2.09. The summed E-state index contributed by atoms with van der Waals surface area (Å²) in [7, 11) is 0. The van der Waals surface area contributed by atoms with E-state index in [1.54, 1.807) is 32.0 Å². The van der Waals surface area contributed by atoms with E-state index in [0.29, 0.717) is 21.4 Å². The third-order valence-corrected chi connectivity index (χ3v) is 4.73. The first-order valence-electron chi connectivity index (χ1n) is 7.87. The molecular formula is C17H16Cl2N2O5. The van der Waals surface area contributed by atoms with Gasteiger partial charge in [-0.05, 0) is 26.0 Å². The minimum absolute atomic E-state index is 0.0706. The molecule has 1 saturated heterocycles. The number of aryl methyl sites for hydroxylation is 1. The van der Waals surface area contributed by atoms with Gasteiger partial charge in [0, 0.05) is 12.1 Å². The Morgan fingerprint density at radius 2 is 1.92 bits per heavy atom. The van der Waals surface area contributed by atoms with Gasteiger partial charge in [-0.2, -0.15) is 0 Å². The van der Waals surface area contributed by atoms with Crippen LogP contribution >= 0.6 is 23.2 Å². The lowest BCUT2D eigenvalue weighted by molar-refractivity contribution is -0.160. The molecule has 1 aliphatic heterocycles. The minimum atomic E-state index is -1.12. The highest BCUT2D eigenvalue weighted by Crippen LogP contribution is 2.37. The number of hydrogen-bond donors (Lipinski definition) is 1. The maximum absolute atomic E-state index is 13.1. The standard InChI is InChI=1S/C17H16Cl2N2O5/c1-8-6-21(7-12(25-8)17(23)24)16(22)13-9(2)26-20-15(13)14-10(18)4-3-5-11(14)19/h3-5,8,12H,6-7H2,1-2H3,(H,23,24)/t8-,12?/m1/s1. The Morgan fingerprint density at radius 3 is 2.54 bits per heavy atom. The molecule has 2 aromatic rings. The maximum Gasteiger partial charge on any atom is 0.334 e. The molecule has 0 radical (unpaired) electrons. The van der Waals surface area contributed by atoms with Gasteiger partial charge in [-0.3, -0.25) is 4.79 Å². The van der Waals surface area contributed by atoms with E-state index in [-0.39, 0.29) is 24.3 Å². The number of rotatable bonds is 3. The van der Waals surface area contributed by atoms with Crippen molar-refractivity contribution in [2.45, 2.75) is 26.1 Å². The van der Waals surface area contributed by atoms with Crippen LogP contribution in [0.25, 0.3) is 11.3 Å². The number of carbonyl (C=O) groups is 2. The number of aromatic nitrogens is 1. The first-order chi connectivity index (χ1) is 12.3. The summed E-state index contributed by atoms with van der Waals surface area (Å²) in [6.45, 7) is 3.50. The Bertz CT molecular complexity index is 847. The lowest BCUT2D eigenvalue weighted by Crippen LogP contribution is -2.51. The Labute approximate surface area is 159 Å². The zero-order valence-electron chi connectivity index (χ0n) is 14.0. The molecule has 1 N–H and O–H groups in total. The average molecular weight is 399 g/mol. The fourth-order valence-electron chi connectivity index (χ4n) is 2.93. The monoisotopic (exact) mass is 398 g/mol. The van der Waals surface area contributed by atoms with Gasteiger partial charge in [0.15, 0.2) is 6.10 Å². The van der Waals surface area contributed by atoms with Crippen molar-refractivity contribution in [3.8, 4) is 11.3 Å². The Balaban J connectivity index is 2.01. The molecule has 1 fully saturated rings. The highest BCUT2D eigenvalue weighted by molar-refractivity contribution is 6.39. The van der Waals surface area contributed by atoms with E-state index >= 15 is 0 Å². The molecular weight excluding hydrogens is 383 g/mol. The fourth-order valence-corrected chi connectivity index (χ4v) is 3.51. The molecule has 1 aliphatic rings. The lowest BCUT2D eigenvalue weighted by Gasteiger charge is -2.34. The highest BCUT2D eigenvalue weighted by atomic mass is 35.5. The largest absolute Gasteiger partial charge is 0.479 e. The summed E-state index contributed by atoms with van der Waals surface area (Å²) in [6, 6.07) is 4.96. The third kappa shape index (κ3) is 3.42. The number of benzene rings is 1. The molecule has 26 heavy (non-hydrogen) atoms. The van der Waals surface area contributed by atoms with E-state index in [4.69, 9.17) is 32.5 Å². The average Bonchev–Trinajstić information content (AvgIpc) is 2.94. The molecule has 0 bridgehead atoms. The van der Waals surface area contributed by atoms with Crippen molar-refractivity contribution in [1.82, 2.24) is 10.1 Å². The summed E-state index contributed by atoms with van der Waals surface area (Å²) in [5.74, 6) is -1.23. The molecule has 0 aliphatic carbocycles. The van der Waals surface area contributed by atoms with Crippen LogP contribution in [0.3, 0.4) is 0 Å². The summed E-state index contributed by atoms with van der Waals surface area (Å²) < 4.78 is 10.6. The summed E-state index contributed by atoms with van der Waals surface area (Å²) >= 11 is 12.5. The predicted octanol–water partition coefficient (Wildman–Crippen LogP) is 3.27. The first kappa shape index (κ1) is 18.7. The van der Waals surface area contributed by atoms with Crippen molar-refractivity contribution in [1.29, 1.82) is 0 Å². The summed E-state index contributed by atoms with van der Waals surface area (Å²) in [6.07, 6.45) is -1.50. The van der Waals surface area contributed by atoms with Gasteiger partial charge >= 0.3 is 5.97 Å². The van der Waals surface area contributed by atoms with Crippen molar-refractivity contribution in [3.05, 3.63) is 39.6 Å². The molecule has 7 nitrogen and oxygen atoms in total. The molecule has 9 heteroatoms. The van der Waals surface area contributed by atoms with Gasteiger partial charge in [-0.25, -0.2) is 4.79 Å². The van der Waals surface area contributed by atoms with Crippen molar-refractivity contribution in [3.63, 3.8) is 0 Å². The number of carboxylic acid groups (broad SMARTS) is 1. The molecule has 0 saturated carbocycles. The molecule has 1 aromatic heterocycles. The molecule has 138 valence electrons. The number of ether oxygens (including phenoxy) is 1. The van der Waals surface area contributed by atoms with Crippen LogP contribution in [0.4, 0.5) is 0 Å². The SMILES string of the molecule is Cc1onc(-c2c(Cl)cccc2Cl)c1C(=O)N1CC(C(=O)O)O[C@H](C)C1. The van der Waals surface area contributed by atoms with Crippen LogP contribution in [-0.2, 0) is 9.53 Å². The predicted molar refractivity (Wildman–Crippen MR) is 94.6 cm³/mol. The van der Waals surface area contributed by atoms with Gasteiger partial charge in [0.1, 0.15) is 17.0 Å². The zero-order chi connectivity index (χ0) is 19.0. The molecule has 1 aromatic carbocycles. The van der Waals surface area contributed by atoms with Gasteiger partial charge < -0.3 is 19.3 Å². The Kier molecular flexibility index (Phi) is 5.22. The second kappa shape index (κ2) is 7.26. The molecule has 2 heterocycles. The van der Waals surface area contributed by atoms with Gasteiger partial charge in [-0.15, -0.1) is 0 Å². The lowest BCUT2D eigenvalue weighted by atomic mass is 10.0. The summed E-state index contributed by atoms with van der Waals surface area (Å²) in [4.78, 5) is 25.8. The minimum Gasteiger partial charge on any atom is -0.479 e. The maximum atomic E-state index is 13.1. The van der Waals surface area contributed by atoms with Gasteiger partial charge in [0.05, 0.1) is 22.7 Å². The second-order valence-corrected chi connectivity index (χ2v) is 6.86. The summed E-state index contributed by atoms with van der Waals surface area (Å²) in [5.41, 5.74) is 0.833. The zero-order valence-corrected chi connectivity index (χ0v) is 15.5. The van der Waals surface area contributed by atoms with E-state index in [0.717, 1.165) is 0 Å². The van der Waals surface area contributed by atoms with E-state index in [1.807, 2.05) is 0 Å². The van der Waals surface area contributed by atoms with Crippen LogP contribution in [0.5, 0.6) is 0 Å². The number of hydrogen-bond acceptors (Lipinski definition) is 5.